The van der Waals surface area contributed by atoms with Crippen LogP contribution in [0.15, 0.2) is 46.2 Å². The lowest BCUT2D eigenvalue weighted by Crippen LogP contribution is -2.33. The predicted molar refractivity (Wildman–Crippen MR) is 93.4 cm³/mol. The van der Waals surface area contributed by atoms with Gasteiger partial charge in [0.2, 0.25) is 5.43 Å². The third-order valence-corrected chi connectivity index (χ3v) is 5.41. The summed E-state index contributed by atoms with van der Waals surface area (Å²) in [7, 11) is -1.89. The summed E-state index contributed by atoms with van der Waals surface area (Å²) in [6.07, 6.45) is 1.48. The summed E-state index contributed by atoms with van der Waals surface area (Å²) in [4.78, 5) is 23.5. The number of hydrogen-bond acceptors (Lipinski definition) is 5. The number of aromatic nitrogens is 1. The van der Waals surface area contributed by atoms with Gasteiger partial charge in [0.1, 0.15) is 5.82 Å². The number of nitrogens with zero attached hydrogens (tertiary/aromatic N) is 1. The van der Waals surface area contributed by atoms with E-state index in [1.807, 2.05) is 0 Å². The molecule has 1 aromatic carbocycles. The molecule has 0 aliphatic rings. The van der Waals surface area contributed by atoms with E-state index in [0.717, 1.165) is 17.8 Å². The average molecular weight is 382 g/mol. The third kappa shape index (κ3) is 5.16. The van der Waals surface area contributed by atoms with Crippen molar-refractivity contribution in [3.05, 3.63) is 58.3 Å². The topological polar surface area (TPSA) is 94.5 Å². The zero-order valence-electron chi connectivity index (χ0n) is 14.4. The van der Waals surface area contributed by atoms with Gasteiger partial charge >= 0.3 is 0 Å². The molecule has 0 fully saturated rings. The Labute approximate surface area is 150 Å². The molecule has 2 rings (SSSR count). The zero-order chi connectivity index (χ0) is 19.3. The maximum absolute atomic E-state index is 12.8. The second kappa shape index (κ2) is 8.13. The highest BCUT2D eigenvalue weighted by atomic mass is 32.2. The first-order valence-electron chi connectivity index (χ1n) is 7.74. The maximum atomic E-state index is 12.8. The molecular formula is C17H19FN2O5S. The summed E-state index contributed by atoms with van der Waals surface area (Å²) < 4.78 is 43.8. The number of benzene rings is 1. The predicted octanol–water partition coefficient (Wildman–Crippen LogP) is 0.802. The molecule has 7 nitrogen and oxygen atoms in total. The summed E-state index contributed by atoms with van der Waals surface area (Å²) in [6.45, 7) is 1.22. The van der Waals surface area contributed by atoms with Crippen molar-refractivity contribution < 1.29 is 22.3 Å². The smallest absolute Gasteiger partial charge is 0.257 e. The molecule has 0 aliphatic heterocycles. The van der Waals surface area contributed by atoms with Crippen molar-refractivity contribution >= 4 is 15.7 Å². The largest absolute Gasteiger partial charge is 0.478 e. The fraction of sp³-hybridized carbons (Fsp3) is 0.294. The summed E-state index contributed by atoms with van der Waals surface area (Å²) in [5.74, 6) is -1.39. The molecular weight excluding hydrogens is 363 g/mol. The standard InChI is InChI=1S/C17H19FN2O5S/c1-12-9-15(21)16(10-20(12)2)25-11-17(22)19-7-8-26(23,24)14-5-3-13(18)4-6-14/h3-6,9-10H,7-8,11H2,1-2H3,(H,19,22). The molecule has 0 bridgehead atoms. The van der Waals surface area contributed by atoms with Crippen molar-refractivity contribution in [3.63, 3.8) is 0 Å². The van der Waals surface area contributed by atoms with Gasteiger partial charge in [-0.05, 0) is 31.2 Å². The molecule has 9 heteroatoms. The molecule has 0 saturated carbocycles. The molecule has 0 unspecified atom stereocenters. The van der Waals surface area contributed by atoms with E-state index >= 15 is 0 Å². The van der Waals surface area contributed by atoms with E-state index in [1.54, 1.807) is 18.5 Å². The van der Waals surface area contributed by atoms with Crippen LogP contribution in [0.5, 0.6) is 5.75 Å². The molecule has 0 radical (unpaired) electrons. The maximum Gasteiger partial charge on any atom is 0.257 e. The van der Waals surface area contributed by atoms with Crippen molar-refractivity contribution in [1.82, 2.24) is 9.88 Å². The lowest BCUT2D eigenvalue weighted by atomic mass is 10.3. The molecule has 0 aliphatic carbocycles. The van der Waals surface area contributed by atoms with Crippen molar-refractivity contribution in [3.8, 4) is 5.75 Å². The highest BCUT2D eigenvalue weighted by Gasteiger charge is 2.15. The lowest BCUT2D eigenvalue weighted by molar-refractivity contribution is -0.122. The molecule has 1 amide bonds. The van der Waals surface area contributed by atoms with E-state index < -0.39 is 28.2 Å². The number of aryl methyl sites for hydroxylation is 2. The average Bonchev–Trinajstić information content (AvgIpc) is 2.57. The number of carbonyl (C=O) groups excluding carboxylic acids is 1. The van der Waals surface area contributed by atoms with Crippen LogP contribution >= 0.6 is 0 Å². The number of hydrogen-bond donors (Lipinski definition) is 1. The zero-order valence-corrected chi connectivity index (χ0v) is 15.2. The highest BCUT2D eigenvalue weighted by Crippen LogP contribution is 2.11. The van der Waals surface area contributed by atoms with Crippen LogP contribution in [0.1, 0.15) is 5.69 Å². The van der Waals surface area contributed by atoms with Crippen LogP contribution in [0, 0.1) is 12.7 Å². The van der Waals surface area contributed by atoms with Gasteiger partial charge in [-0.3, -0.25) is 9.59 Å². The number of ether oxygens (including phenoxy) is 1. The lowest BCUT2D eigenvalue weighted by Gasteiger charge is -2.10. The molecule has 1 heterocycles. The Balaban J connectivity index is 1.85. The second-order valence-electron chi connectivity index (χ2n) is 5.67. The fourth-order valence-electron chi connectivity index (χ4n) is 2.09. The number of rotatable bonds is 7. The van der Waals surface area contributed by atoms with Gasteiger partial charge in [0.15, 0.2) is 22.2 Å². The van der Waals surface area contributed by atoms with E-state index in [2.05, 4.69) is 5.32 Å². The SMILES string of the molecule is Cc1cc(=O)c(OCC(=O)NCCS(=O)(=O)c2ccc(F)cc2)cn1C. The molecule has 2 aromatic rings. The van der Waals surface area contributed by atoms with Gasteiger partial charge in [-0.15, -0.1) is 0 Å². The third-order valence-electron chi connectivity index (χ3n) is 3.67. The highest BCUT2D eigenvalue weighted by molar-refractivity contribution is 7.91. The number of amides is 1. The van der Waals surface area contributed by atoms with E-state index in [0.29, 0.717) is 0 Å². The Kier molecular flexibility index (Phi) is 6.14. The first-order chi connectivity index (χ1) is 12.2. The quantitative estimate of drug-likeness (QED) is 0.715. The Morgan fingerprint density at radius 1 is 1.27 bits per heavy atom. The molecule has 26 heavy (non-hydrogen) atoms. The van der Waals surface area contributed by atoms with Crippen LogP contribution in [-0.2, 0) is 21.7 Å². The minimum absolute atomic E-state index is 0.0208. The van der Waals surface area contributed by atoms with Gasteiger partial charge in [-0.25, -0.2) is 12.8 Å². The summed E-state index contributed by atoms with van der Waals surface area (Å²) >= 11 is 0. The van der Waals surface area contributed by atoms with Crippen molar-refractivity contribution in [2.75, 3.05) is 18.9 Å². The van der Waals surface area contributed by atoms with E-state index in [9.17, 15) is 22.4 Å². The number of carbonyl (C=O) groups is 1. The van der Waals surface area contributed by atoms with Gasteiger partial charge in [0, 0.05) is 31.5 Å². The van der Waals surface area contributed by atoms with E-state index in [1.165, 1.54) is 24.4 Å². The Bertz CT molecular complexity index is 952. The van der Waals surface area contributed by atoms with E-state index in [4.69, 9.17) is 4.74 Å². The van der Waals surface area contributed by atoms with Crippen molar-refractivity contribution in [1.29, 1.82) is 0 Å². The Hall–Kier alpha value is -2.68. The van der Waals surface area contributed by atoms with Gasteiger partial charge in [-0.1, -0.05) is 0 Å². The summed E-state index contributed by atoms with van der Waals surface area (Å²) in [5.41, 5.74) is 0.407. The molecule has 1 N–H and O–H groups in total. The molecule has 140 valence electrons. The number of pyridine rings is 1. The van der Waals surface area contributed by atoms with Crippen LogP contribution < -0.4 is 15.5 Å². The number of nitrogens with one attached hydrogen (secondary N) is 1. The summed E-state index contributed by atoms with van der Waals surface area (Å²) in [5, 5.41) is 2.41. The monoisotopic (exact) mass is 382 g/mol. The molecule has 0 spiro atoms. The first kappa shape index (κ1) is 19.6. The normalized spacial score (nSPS) is 11.2. The fourth-order valence-corrected chi connectivity index (χ4v) is 3.25. The number of sulfone groups is 1. The van der Waals surface area contributed by atoms with Crippen LogP contribution in [-0.4, -0.2) is 37.8 Å². The molecule has 0 saturated heterocycles. The van der Waals surface area contributed by atoms with E-state index in [-0.39, 0.29) is 28.4 Å². The van der Waals surface area contributed by atoms with Crippen LogP contribution in [0.3, 0.4) is 0 Å². The molecule has 1 aromatic heterocycles. The second-order valence-corrected chi connectivity index (χ2v) is 7.77. The van der Waals surface area contributed by atoms with Gasteiger partial charge in [0.25, 0.3) is 5.91 Å². The van der Waals surface area contributed by atoms with Crippen LogP contribution in [0.25, 0.3) is 0 Å². The van der Waals surface area contributed by atoms with Gasteiger partial charge in [-0.2, -0.15) is 0 Å². The van der Waals surface area contributed by atoms with Crippen LogP contribution in [0.4, 0.5) is 4.39 Å². The van der Waals surface area contributed by atoms with Gasteiger partial charge < -0.3 is 14.6 Å². The summed E-state index contributed by atoms with van der Waals surface area (Å²) in [6, 6.07) is 5.84. The molecule has 0 atom stereocenters. The number of halogens is 1. The minimum atomic E-state index is -3.63. The Morgan fingerprint density at radius 2 is 1.92 bits per heavy atom. The van der Waals surface area contributed by atoms with Crippen molar-refractivity contribution in [2.24, 2.45) is 7.05 Å². The van der Waals surface area contributed by atoms with Crippen molar-refractivity contribution in [2.45, 2.75) is 11.8 Å². The minimum Gasteiger partial charge on any atom is -0.478 e. The first-order valence-corrected chi connectivity index (χ1v) is 9.39. The van der Waals surface area contributed by atoms with Crippen LogP contribution in [0.2, 0.25) is 0 Å². The van der Waals surface area contributed by atoms with Gasteiger partial charge in [0.05, 0.1) is 10.6 Å². The Morgan fingerprint density at radius 3 is 2.58 bits per heavy atom.